The molecule has 11 heavy (non-hydrogen) atoms. The fourth-order valence-corrected chi connectivity index (χ4v) is 0.431. The van der Waals surface area contributed by atoms with Gasteiger partial charge in [-0.05, 0) is 0 Å². The zero-order chi connectivity index (χ0) is 9.50. The Morgan fingerprint density at radius 2 is 1.09 bits per heavy atom. The lowest BCUT2D eigenvalue weighted by atomic mass is 11.5. The molecule has 0 aromatic carbocycles. The molecule has 0 aromatic heterocycles. The van der Waals surface area contributed by atoms with E-state index in [1.165, 1.54) is 0 Å². The van der Waals surface area contributed by atoms with Crippen LogP contribution in [-0.4, -0.2) is 18.5 Å². The van der Waals surface area contributed by atoms with E-state index in [1.54, 1.807) is 0 Å². The summed E-state index contributed by atoms with van der Waals surface area (Å²) in [5, 5.41) is 0. The second-order valence-electron chi connectivity index (χ2n) is 1.86. The van der Waals surface area contributed by atoms with Crippen LogP contribution < -0.4 is 0 Å². The number of hydrogen-bond acceptors (Lipinski definition) is 1. The molecule has 0 radical (unpaired) electrons. The molecule has 0 aliphatic carbocycles. The van der Waals surface area contributed by atoms with Crippen LogP contribution in [0, 0.1) is 0 Å². The maximum absolute atomic E-state index is 11.3. The van der Waals surface area contributed by atoms with E-state index in [0.717, 1.165) is 0 Å². The van der Waals surface area contributed by atoms with Crippen molar-refractivity contribution in [1.29, 1.82) is 0 Å². The van der Waals surface area contributed by atoms with Crippen LogP contribution in [0.5, 0.6) is 0 Å². The standard InChI is InChI=1S/C3H3F6OP/c1-11(10,2(4,5)6)3(7,8)9/h1H3. The Morgan fingerprint density at radius 1 is 0.909 bits per heavy atom. The van der Waals surface area contributed by atoms with E-state index in [0.29, 0.717) is 0 Å². The molecule has 0 unspecified atom stereocenters. The smallest absolute Gasteiger partial charge is 0.304 e. The molecule has 0 saturated heterocycles. The van der Waals surface area contributed by atoms with Crippen molar-refractivity contribution in [3.63, 3.8) is 0 Å². The lowest BCUT2D eigenvalue weighted by Crippen LogP contribution is -2.20. The first-order chi connectivity index (χ1) is 4.50. The highest BCUT2D eigenvalue weighted by atomic mass is 31.2. The molecule has 8 heteroatoms. The second kappa shape index (κ2) is 2.40. The third-order valence-electron chi connectivity index (χ3n) is 0.968. The van der Waals surface area contributed by atoms with E-state index in [4.69, 9.17) is 0 Å². The Morgan fingerprint density at radius 3 is 1.09 bits per heavy atom. The molecule has 1 nitrogen and oxygen atoms in total. The Labute approximate surface area is 57.8 Å². The number of alkyl halides is 6. The van der Waals surface area contributed by atoms with Gasteiger partial charge in [0.15, 0.2) is 0 Å². The summed E-state index contributed by atoms with van der Waals surface area (Å²) in [5.41, 5.74) is 0. The predicted octanol–water partition coefficient (Wildman–Crippen LogP) is 3.02. The lowest BCUT2D eigenvalue weighted by Gasteiger charge is -2.18. The Balaban J connectivity index is 4.92. The average molecular weight is 200 g/mol. The third kappa shape index (κ3) is 1.89. The van der Waals surface area contributed by atoms with E-state index < -0.39 is 19.0 Å². The summed E-state index contributed by atoms with van der Waals surface area (Å²) in [5.74, 6) is -11.4. The van der Waals surface area contributed by atoms with Crippen LogP contribution in [0.4, 0.5) is 26.3 Å². The van der Waals surface area contributed by atoms with Gasteiger partial charge >= 0.3 is 11.8 Å². The minimum atomic E-state index is -6.06. The maximum Gasteiger partial charge on any atom is 0.448 e. The van der Waals surface area contributed by atoms with Gasteiger partial charge in [-0.1, -0.05) is 0 Å². The van der Waals surface area contributed by atoms with Gasteiger partial charge in [0, 0.05) is 6.66 Å². The molecule has 68 valence electrons. The van der Waals surface area contributed by atoms with Gasteiger partial charge in [0.05, 0.1) is 0 Å². The van der Waals surface area contributed by atoms with Crippen LogP contribution in [0.3, 0.4) is 0 Å². The predicted molar refractivity (Wildman–Crippen MR) is 25.6 cm³/mol. The molecular weight excluding hydrogens is 197 g/mol. The SMILES string of the molecule is CP(=O)(C(F)(F)F)C(F)(F)F. The van der Waals surface area contributed by atoms with E-state index in [2.05, 4.69) is 0 Å². The first-order valence-electron chi connectivity index (χ1n) is 2.21. The Kier molecular flexibility index (Phi) is 2.36. The monoisotopic (exact) mass is 200 g/mol. The Hall–Kier alpha value is -0.190. The largest absolute Gasteiger partial charge is 0.448 e. The lowest BCUT2D eigenvalue weighted by molar-refractivity contribution is -0.0928. The van der Waals surface area contributed by atoms with Crippen LogP contribution in [0.25, 0.3) is 0 Å². The molecule has 0 amide bonds. The number of halogens is 6. The van der Waals surface area contributed by atoms with Crippen molar-refractivity contribution in [3.05, 3.63) is 0 Å². The molecule has 0 aliphatic heterocycles. The van der Waals surface area contributed by atoms with Crippen molar-refractivity contribution in [2.75, 3.05) is 6.66 Å². The normalized spacial score (nSPS) is 15.2. The van der Waals surface area contributed by atoms with Crippen molar-refractivity contribution < 1.29 is 30.9 Å². The van der Waals surface area contributed by atoms with Crippen LogP contribution in [0.15, 0.2) is 0 Å². The van der Waals surface area contributed by atoms with E-state index in [-0.39, 0.29) is 6.66 Å². The molecule has 0 N–H and O–H groups in total. The summed E-state index contributed by atoms with van der Waals surface area (Å²) in [6.45, 7) is -0.340. The van der Waals surface area contributed by atoms with Crippen molar-refractivity contribution in [1.82, 2.24) is 0 Å². The highest BCUT2D eigenvalue weighted by molar-refractivity contribution is 7.65. The fraction of sp³-hybridized carbons (Fsp3) is 1.00. The second-order valence-corrected chi connectivity index (χ2v) is 4.72. The first-order valence-corrected chi connectivity index (χ1v) is 4.36. The van der Waals surface area contributed by atoms with E-state index in [9.17, 15) is 30.9 Å². The summed E-state index contributed by atoms with van der Waals surface area (Å²) < 4.78 is 78.1. The summed E-state index contributed by atoms with van der Waals surface area (Å²) >= 11 is 0. The van der Waals surface area contributed by atoms with Crippen LogP contribution in [0.1, 0.15) is 0 Å². The van der Waals surface area contributed by atoms with Gasteiger partial charge in [-0.15, -0.1) is 0 Å². The minimum absolute atomic E-state index is 0.340. The molecule has 0 spiro atoms. The maximum atomic E-state index is 11.3. The van der Waals surface area contributed by atoms with Crippen LogP contribution in [0.2, 0.25) is 0 Å². The highest BCUT2D eigenvalue weighted by Gasteiger charge is 2.64. The quantitative estimate of drug-likeness (QED) is 0.433. The van der Waals surface area contributed by atoms with Crippen LogP contribution >= 0.6 is 7.14 Å². The van der Waals surface area contributed by atoms with Gasteiger partial charge in [-0.2, -0.15) is 26.3 Å². The third-order valence-corrected chi connectivity index (χ3v) is 2.90. The molecule has 0 atom stereocenters. The van der Waals surface area contributed by atoms with Crippen molar-refractivity contribution in [3.8, 4) is 0 Å². The highest BCUT2D eigenvalue weighted by Crippen LogP contribution is 2.68. The zero-order valence-corrected chi connectivity index (χ0v) is 6.02. The van der Waals surface area contributed by atoms with E-state index >= 15 is 0 Å². The van der Waals surface area contributed by atoms with Gasteiger partial charge < -0.3 is 4.57 Å². The average Bonchev–Trinajstić information content (AvgIpc) is 1.58. The molecule has 0 aromatic rings. The summed E-state index contributed by atoms with van der Waals surface area (Å²) in [7, 11) is -6.06. The summed E-state index contributed by atoms with van der Waals surface area (Å²) in [4.78, 5) is 0. The number of rotatable bonds is 0. The topological polar surface area (TPSA) is 17.1 Å². The van der Waals surface area contributed by atoms with Gasteiger partial charge in [0.2, 0.25) is 0 Å². The van der Waals surface area contributed by atoms with Gasteiger partial charge in [-0.3, -0.25) is 0 Å². The van der Waals surface area contributed by atoms with Gasteiger partial charge in [-0.25, -0.2) is 0 Å². The molecule has 0 aliphatic rings. The number of hydrogen-bond donors (Lipinski definition) is 0. The molecule has 0 bridgehead atoms. The van der Waals surface area contributed by atoms with Gasteiger partial charge in [0.1, 0.15) is 0 Å². The molecule has 0 heterocycles. The summed E-state index contributed by atoms with van der Waals surface area (Å²) in [6, 6.07) is 0. The van der Waals surface area contributed by atoms with E-state index in [1.807, 2.05) is 0 Å². The summed E-state index contributed by atoms with van der Waals surface area (Å²) in [6.07, 6.45) is 0. The van der Waals surface area contributed by atoms with Gasteiger partial charge in [0.25, 0.3) is 7.14 Å². The molecular formula is C3H3F6OP. The molecule has 0 rings (SSSR count). The van der Waals surface area contributed by atoms with Crippen molar-refractivity contribution in [2.45, 2.75) is 11.8 Å². The van der Waals surface area contributed by atoms with Crippen molar-refractivity contribution in [2.24, 2.45) is 0 Å². The van der Waals surface area contributed by atoms with Crippen LogP contribution in [-0.2, 0) is 4.57 Å². The minimum Gasteiger partial charge on any atom is -0.304 e. The Bertz CT molecular complexity index is 171. The first kappa shape index (κ1) is 10.8. The molecule has 0 saturated carbocycles. The fourth-order valence-electron chi connectivity index (χ4n) is 0.144. The van der Waals surface area contributed by atoms with Crippen molar-refractivity contribution >= 4 is 7.14 Å². The molecule has 0 fully saturated rings. The zero-order valence-electron chi connectivity index (χ0n) is 5.12.